The average molecular weight is 302 g/mol. The van der Waals surface area contributed by atoms with Crippen molar-refractivity contribution < 1.29 is 9.53 Å². The van der Waals surface area contributed by atoms with Crippen molar-refractivity contribution in [2.24, 2.45) is 0 Å². The minimum Gasteiger partial charge on any atom is -0.377 e. The van der Waals surface area contributed by atoms with E-state index in [9.17, 15) is 4.79 Å². The van der Waals surface area contributed by atoms with Gasteiger partial charge in [0.15, 0.2) is 11.5 Å². The number of methoxy groups -OCH3 is 1. The summed E-state index contributed by atoms with van der Waals surface area (Å²) in [4.78, 5) is 17.5. The molecule has 1 N–H and O–H groups in total. The smallest absolute Gasteiger partial charge is 0.229 e. The second-order valence-electron chi connectivity index (χ2n) is 4.46. The molecule has 0 fully saturated rings. The maximum Gasteiger partial charge on any atom is 0.229 e. The van der Waals surface area contributed by atoms with Crippen molar-refractivity contribution >= 4 is 28.6 Å². The molecule has 3 aromatic rings. The van der Waals surface area contributed by atoms with Crippen LogP contribution in [-0.4, -0.2) is 27.6 Å². The second-order valence-corrected chi connectivity index (χ2v) is 5.49. The molecule has 7 heteroatoms. The van der Waals surface area contributed by atoms with Crippen LogP contribution in [0.4, 0.5) is 5.69 Å². The van der Waals surface area contributed by atoms with E-state index < -0.39 is 0 Å². The van der Waals surface area contributed by atoms with Crippen LogP contribution in [0.25, 0.3) is 5.65 Å². The third kappa shape index (κ3) is 3.09. The van der Waals surface area contributed by atoms with Crippen LogP contribution in [0, 0.1) is 0 Å². The molecule has 0 unspecified atom stereocenters. The zero-order valence-corrected chi connectivity index (χ0v) is 12.3. The molecule has 0 aliphatic heterocycles. The normalized spacial score (nSPS) is 10.9. The molecule has 0 bridgehead atoms. The molecule has 0 aliphatic rings. The van der Waals surface area contributed by atoms with Gasteiger partial charge in [-0.3, -0.25) is 4.79 Å². The second kappa shape index (κ2) is 6.02. The highest BCUT2D eigenvalue weighted by atomic mass is 32.1. The molecule has 0 saturated heterocycles. The van der Waals surface area contributed by atoms with Crippen LogP contribution in [0.5, 0.6) is 0 Å². The standard InChI is InChI=1S/C14H14N4O2S/c1-20-9-12-16-14-11(5-2-6-18(14)17-12)15-13(19)8-10-4-3-7-21-10/h2-7H,8-9H2,1H3,(H,15,19). The highest BCUT2D eigenvalue weighted by molar-refractivity contribution is 7.10. The van der Waals surface area contributed by atoms with Crippen LogP contribution in [0.3, 0.4) is 0 Å². The Balaban J connectivity index is 1.81. The Hall–Kier alpha value is -2.25. The predicted octanol–water partition coefficient (Wildman–Crippen LogP) is 2.12. The van der Waals surface area contributed by atoms with E-state index in [1.54, 1.807) is 29.2 Å². The van der Waals surface area contributed by atoms with E-state index in [0.29, 0.717) is 30.2 Å². The van der Waals surface area contributed by atoms with Gasteiger partial charge in [-0.1, -0.05) is 6.07 Å². The van der Waals surface area contributed by atoms with Crippen molar-refractivity contribution in [2.45, 2.75) is 13.0 Å². The minimum atomic E-state index is -0.0677. The Morgan fingerprint density at radius 2 is 2.33 bits per heavy atom. The Labute approximate surface area is 125 Å². The predicted molar refractivity (Wildman–Crippen MR) is 80.4 cm³/mol. The molecule has 0 saturated carbocycles. The lowest BCUT2D eigenvalue weighted by Gasteiger charge is -2.04. The van der Waals surface area contributed by atoms with Gasteiger partial charge in [0.1, 0.15) is 6.61 Å². The first-order valence-electron chi connectivity index (χ1n) is 6.41. The van der Waals surface area contributed by atoms with E-state index in [1.807, 2.05) is 29.6 Å². The van der Waals surface area contributed by atoms with Gasteiger partial charge in [0.2, 0.25) is 5.91 Å². The molecule has 108 valence electrons. The van der Waals surface area contributed by atoms with Crippen molar-refractivity contribution in [3.8, 4) is 0 Å². The van der Waals surface area contributed by atoms with Crippen LogP contribution < -0.4 is 5.32 Å². The number of carbonyl (C=O) groups excluding carboxylic acids is 1. The maximum atomic E-state index is 12.1. The van der Waals surface area contributed by atoms with Gasteiger partial charge in [0, 0.05) is 18.2 Å². The summed E-state index contributed by atoms with van der Waals surface area (Å²) in [7, 11) is 1.59. The Morgan fingerprint density at radius 3 is 3.10 bits per heavy atom. The Kier molecular flexibility index (Phi) is 3.94. The number of ether oxygens (including phenoxy) is 1. The molecule has 21 heavy (non-hydrogen) atoms. The molecule has 6 nitrogen and oxygen atoms in total. The Morgan fingerprint density at radius 1 is 1.43 bits per heavy atom. The van der Waals surface area contributed by atoms with Crippen LogP contribution in [0.1, 0.15) is 10.7 Å². The molecule has 0 atom stereocenters. The fraction of sp³-hybridized carbons (Fsp3) is 0.214. The summed E-state index contributed by atoms with van der Waals surface area (Å²) in [6, 6.07) is 7.51. The minimum absolute atomic E-state index is 0.0677. The third-order valence-electron chi connectivity index (χ3n) is 2.87. The summed E-state index contributed by atoms with van der Waals surface area (Å²) in [5.74, 6) is 0.513. The lowest BCUT2D eigenvalue weighted by atomic mass is 10.3. The lowest BCUT2D eigenvalue weighted by Crippen LogP contribution is -2.14. The first-order valence-corrected chi connectivity index (χ1v) is 7.29. The summed E-state index contributed by atoms with van der Waals surface area (Å²) in [5, 5.41) is 9.12. The summed E-state index contributed by atoms with van der Waals surface area (Å²) < 4.78 is 6.66. The SMILES string of the molecule is COCc1nc2c(NC(=O)Cc3cccs3)cccn2n1. The molecular weight excluding hydrogens is 288 g/mol. The van der Waals surface area contributed by atoms with Crippen LogP contribution in [0.2, 0.25) is 0 Å². The quantitative estimate of drug-likeness (QED) is 0.784. The third-order valence-corrected chi connectivity index (χ3v) is 3.74. The number of pyridine rings is 1. The highest BCUT2D eigenvalue weighted by Crippen LogP contribution is 2.16. The van der Waals surface area contributed by atoms with Crippen LogP contribution in [0.15, 0.2) is 35.8 Å². The zero-order chi connectivity index (χ0) is 14.7. The van der Waals surface area contributed by atoms with Crippen LogP contribution >= 0.6 is 11.3 Å². The number of nitrogens with zero attached hydrogens (tertiary/aromatic N) is 3. The largest absolute Gasteiger partial charge is 0.377 e. The van der Waals surface area contributed by atoms with E-state index >= 15 is 0 Å². The molecule has 0 radical (unpaired) electrons. The number of aromatic nitrogens is 3. The van der Waals surface area contributed by atoms with Crippen LogP contribution in [-0.2, 0) is 22.6 Å². The molecule has 0 aromatic carbocycles. The monoisotopic (exact) mass is 302 g/mol. The molecule has 0 aliphatic carbocycles. The number of amides is 1. The molecular formula is C14H14N4O2S. The van der Waals surface area contributed by atoms with Gasteiger partial charge in [-0.05, 0) is 23.6 Å². The van der Waals surface area contributed by atoms with Gasteiger partial charge < -0.3 is 10.1 Å². The van der Waals surface area contributed by atoms with Crippen molar-refractivity contribution in [2.75, 3.05) is 12.4 Å². The number of carbonyl (C=O) groups is 1. The van der Waals surface area contributed by atoms with Crippen molar-refractivity contribution in [3.63, 3.8) is 0 Å². The van der Waals surface area contributed by atoms with Gasteiger partial charge in [-0.25, -0.2) is 9.50 Å². The molecule has 3 heterocycles. The fourth-order valence-corrected chi connectivity index (χ4v) is 2.71. The number of hydrogen-bond acceptors (Lipinski definition) is 5. The first-order chi connectivity index (χ1) is 10.3. The Bertz CT molecular complexity index is 752. The van der Waals surface area contributed by atoms with Crippen molar-refractivity contribution in [1.29, 1.82) is 0 Å². The highest BCUT2D eigenvalue weighted by Gasteiger charge is 2.11. The van der Waals surface area contributed by atoms with Gasteiger partial charge in [0.05, 0.1) is 12.1 Å². The van der Waals surface area contributed by atoms with Crippen molar-refractivity contribution in [1.82, 2.24) is 14.6 Å². The molecule has 3 aromatic heterocycles. The molecule has 0 spiro atoms. The molecule has 3 rings (SSSR count). The molecule has 1 amide bonds. The van der Waals surface area contributed by atoms with E-state index in [4.69, 9.17) is 4.74 Å². The van der Waals surface area contributed by atoms with Gasteiger partial charge in [-0.15, -0.1) is 16.4 Å². The summed E-state index contributed by atoms with van der Waals surface area (Å²) in [6.45, 7) is 0.338. The number of rotatable bonds is 5. The average Bonchev–Trinajstić information content (AvgIpc) is 3.08. The fourth-order valence-electron chi connectivity index (χ4n) is 2.00. The van der Waals surface area contributed by atoms with E-state index in [-0.39, 0.29) is 5.91 Å². The maximum absolute atomic E-state index is 12.1. The summed E-state index contributed by atoms with van der Waals surface area (Å²) >= 11 is 1.57. The number of hydrogen-bond donors (Lipinski definition) is 1. The summed E-state index contributed by atoms with van der Waals surface area (Å²) in [5.41, 5.74) is 1.26. The number of thiophene rings is 1. The van der Waals surface area contributed by atoms with E-state index in [2.05, 4.69) is 15.4 Å². The van der Waals surface area contributed by atoms with Gasteiger partial charge >= 0.3 is 0 Å². The lowest BCUT2D eigenvalue weighted by molar-refractivity contribution is -0.115. The van der Waals surface area contributed by atoms with E-state index in [0.717, 1.165) is 4.88 Å². The van der Waals surface area contributed by atoms with Gasteiger partial charge in [-0.2, -0.15) is 0 Å². The van der Waals surface area contributed by atoms with E-state index in [1.165, 1.54) is 0 Å². The topological polar surface area (TPSA) is 68.5 Å². The van der Waals surface area contributed by atoms with Gasteiger partial charge in [0.25, 0.3) is 0 Å². The summed E-state index contributed by atoms with van der Waals surface area (Å²) in [6.07, 6.45) is 2.15. The number of anilines is 1. The first kappa shape index (κ1) is 13.7. The number of nitrogens with one attached hydrogen (secondary N) is 1. The zero-order valence-electron chi connectivity index (χ0n) is 11.4. The van der Waals surface area contributed by atoms with Crippen molar-refractivity contribution in [3.05, 3.63) is 46.5 Å². The number of fused-ring (bicyclic) bond motifs is 1.